The van der Waals surface area contributed by atoms with Gasteiger partial charge in [0.2, 0.25) is 5.91 Å². The normalized spacial score (nSPS) is 48.3. The monoisotopic (exact) mass is 431 g/mol. The Morgan fingerprint density at radius 2 is 1.80 bits per heavy atom. The number of ketones is 1. The van der Waals surface area contributed by atoms with Gasteiger partial charge in [-0.05, 0) is 91.8 Å². The van der Waals surface area contributed by atoms with Crippen molar-refractivity contribution in [3.8, 4) is 0 Å². The van der Waals surface area contributed by atoms with Crippen LogP contribution >= 0.6 is 11.8 Å². The van der Waals surface area contributed by atoms with Gasteiger partial charge in [-0.25, -0.2) is 0 Å². The predicted molar refractivity (Wildman–Crippen MR) is 119 cm³/mol. The first-order chi connectivity index (χ1) is 14.3. The molecule has 0 aromatic heterocycles. The number of hydrogen-bond donors (Lipinski definition) is 0. The van der Waals surface area contributed by atoms with Gasteiger partial charge in [-0.3, -0.25) is 19.3 Å². The number of hydrogen-bond acceptors (Lipinski definition) is 4. The van der Waals surface area contributed by atoms with Gasteiger partial charge < -0.3 is 0 Å². The van der Waals surface area contributed by atoms with Crippen LogP contribution in [0.4, 0.5) is 4.79 Å². The molecule has 30 heavy (non-hydrogen) atoms. The Bertz CT molecular complexity index is 737. The van der Waals surface area contributed by atoms with E-state index in [1.165, 1.54) is 43.4 Å². The molecule has 2 amide bonds. The van der Waals surface area contributed by atoms with E-state index in [1.54, 1.807) is 0 Å². The molecule has 5 rings (SSSR count). The molecule has 2 unspecified atom stereocenters. The van der Waals surface area contributed by atoms with Crippen LogP contribution in [-0.4, -0.2) is 34.1 Å². The lowest BCUT2D eigenvalue weighted by atomic mass is 9.48. The number of carbonyl (C=O) groups is 3. The largest absolute Gasteiger partial charge is 0.297 e. The molecule has 0 aromatic carbocycles. The summed E-state index contributed by atoms with van der Waals surface area (Å²) in [5.74, 6) is 5.74. The standard InChI is InChI=1S/C25H37NO3S/c1-14-4-6-17-16(10-14)5-7-19-18(17)8-9-25(3)20(11-15(2)23(19)25)21(27)12-26-22(28)13-30-24(26)29/h14-20,23H,4-13H2,1-3H3/t14-,15+,16+,17-,18+,19?,20+,23?,25+/m0/s1. The molecular formula is C25H37NO3S. The Hall–Kier alpha value is -0.840. The van der Waals surface area contributed by atoms with Crippen molar-refractivity contribution < 1.29 is 14.4 Å². The number of amides is 2. The van der Waals surface area contributed by atoms with Gasteiger partial charge in [-0.2, -0.15) is 0 Å². The van der Waals surface area contributed by atoms with Crippen molar-refractivity contribution in [2.75, 3.05) is 12.3 Å². The molecule has 0 aromatic rings. The number of nitrogens with zero attached hydrogens (tertiary/aromatic N) is 1. The van der Waals surface area contributed by atoms with Crippen molar-refractivity contribution >= 4 is 28.7 Å². The quantitative estimate of drug-likeness (QED) is 0.600. The van der Waals surface area contributed by atoms with Crippen molar-refractivity contribution in [1.29, 1.82) is 0 Å². The second-order valence-electron chi connectivity index (χ2n) is 11.6. The Morgan fingerprint density at radius 3 is 2.53 bits per heavy atom. The van der Waals surface area contributed by atoms with Crippen LogP contribution in [0, 0.1) is 52.8 Å². The van der Waals surface area contributed by atoms with Gasteiger partial charge in [0.15, 0.2) is 5.78 Å². The van der Waals surface area contributed by atoms with Crippen molar-refractivity contribution in [2.24, 2.45) is 52.8 Å². The number of Topliss-reactive ketones (excluding diaryl/α,β-unsaturated/α-hetero) is 1. The lowest BCUT2D eigenvalue weighted by Crippen LogP contribution is -2.51. The van der Waals surface area contributed by atoms with Gasteiger partial charge in [0.1, 0.15) is 0 Å². The van der Waals surface area contributed by atoms with Gasteiger partial charge in [-0.15, -0.1) is 0 Å². The smallest absolute Gasteiger partial charge is 0.289 e. The number of thioether (sulfide) groups is 1. The van der Waals surface area contributed by atoms with E-state index in [-0.39, 0.29) is 40.6 Å². The third kappa shape index (κ3) is 3.20. The topological polar surface area (TPSA) is 54.5 Å². The lowest BCUT2D eigenvalue weighted by Gasteiger charge is -2.56. The zero-order valence-corrected chi connectivity index (χ0v) is 19.6. The third-order valence-corrected chi connectivity index (χ3v) is 10.9. The summed E-state index contributed by atoms with van der Waals surface area (Å²) in [6.07, 6.45) is 10.4. The van der Waals surface area contributed by atoms with Gasteiger partial charge in [-0.1, -0.05) is 39.0 Å². The zero-order chi connectivity index (χ0) is 21.2. The molecule has 4 nitrogen and oxygen atoms in total. The van der Waals surface area contributed by atoms with E-state index >= 15 is 0 Å². The molecule has 4 aliphatic carbocycles. The first kappa shape index (κ1) is 21.0. The Labute approximate surface area is 185 Å². The summed E-state index contributed by atoms with van der Waals surface area (Å²) in [4.78, 5) is 38.6. The first-order valence-electron chi connectivity index (χ1n) is 12.3. The molecule has 1 heterocycles. The maximum Gasteiger partial charge on any atom is 0.289 e. The Balaban J connectivity index is 1.34. The highest BCUT2D eigenvalue weighted by Crippen LogP contribution is 2.66. The third-order valence-electron chi connectivity index (χ3n) is 10.1. The highest BCUT2D eigenvalue weighted by atomic mass is 32.2. The molecule has 0 radical (unpaired) electrons. The van der Waals surface area contributed by atoms with Crippen LogP contribution in [0.5, 0.6) is 0 Å². The SMILES string of the molecule is C[C@H]1CC[C@H]2[C@H](CCC3C4[C@H](C)C[C@H](C(=O)CN5C(=O)CSC5=O)[C@@]4(C)CC[C@@H]32)C1. The molecular weight excluding hydrogens is 394 g/mol. The fourth-order valence-corrected chi connectivity index (χ4v) is 9.65. The minimum Gasteiger partial charge on any atom is -0.297 e. The van der Waals surface area contributed by atoms with Gasteiger partial charge in [0.05, 0.1) is 12.3 Å². The Kier molecular flexibility index (Phi) is 5.35. The molecule has 1 saturated heterocycles. The fourth-order valence-electron chi connectivity index (χ4n) is 8.93. The zero-order valence-electron chi connectivity index (χ0n) is 18.8. The minimum absolute atomic E-state index is 0.00104. The maximum absolute atomic E-state index is 13.4. The van der Waals surface area contributed by atoms with E-state index in [0.717, 1.165) is 54.2 Å². The lowest BCUT2D eigenvalue weighted by molar-refractivity contribution is -0.135. The summed E-state index contributed by atoms with van der Waals surface area (Å²) in [5.41, 5.74) is 0.0470. The summed E-state index contributed by atoms with van der Waals surface area (Å²) >= 11 is 1.03. The van der Waals surface area contributed by atoms with Crippen LogP contribution in [0.25, 0.3) is 0 Å². The summed E-state index contributed by atoms with van der Waals surface area (Å²) in [6.45, 7) is 7.18. The molecule has 4 saturated carbocycles. The van der Waals surface area contributed by atoms with Crippen LogP contribution in [0.15, 0.2) is 0 Å². The van der Waals surface area contributed by atoms with E-state index in [1.807, 2.05) is 0 Å². The number of fused-ring (bicyclic) bond motifs is 5. The van der Waals surface area contributed by atoms with Crippen molar-refractivity contribution in [3.05, 3.63) is 0 Å². The summed E-state index contributed by atoms with van der Waals surface area (Å²) in [6, 6.07) is 0. The number of rotatable bonds is 3. The van der Waals surface area contributed by atoms with E-state index < -0.39 is 0 Å². The predicted octanol–water partition coefficient (Wildman–Crippen LogP) is 5.40. The van der Waals surface area contributed by atoms with Crippen LogP contribution in [0.2, 0.25) is 0 Å². The minimum atomic E-state index is -0.241. The molecule has 5 heteroatoms. The van der Waals surface area contributed by atoms with Crippen LogP contribution in [0.1, 0.15) is 72.1 Å². The molecule has 9 atom stereocenters. The average Bonchev–Trinajstić information content (AvgIpc) is 3.17. The van der Waals surface area contributed by atoms with Gasteiger partial charge in [0.25, 0.3) is 5.24 Å². The first-order valence-corrected chi connectivity index (χ1v) is 13.3. The molecule has 5 aliphatic rings. The Morgan fingerprint density at radius 1 is 1.03 bits per heavy atom. The average molecular weight is 432 g/mol. The van der Waals surface area contributed by atoms with E-state index in [0.29, 0.717) is 11.8 Å². The summed E-state index contributed by atoms with van der Waals surface area (Å²) in [5, 5.41) is -0.241. The van der Waals surface area contributed by atoms with Crippen LogP contribution in [-0.2, 0) is 9.59 Å². The maximum atomic E-state index is 13.4. The second-order valence-corrected chi connectivity index (χ2v) is 12.5. The van der Waals surface area contributed by atoms with Crippen LogP contribution < -0.4 is 0 Å². The molecule has 1 aliphatic heterocycles. The fraction of sp³-hybridized carbons (Fsp3) is 0.880. The molecule has 5 fully saturated rings. The highest BCUT2D eigenvalue weighted by Gasteiger charge is 2.60. The summed E-state index contributed by atoms with van der Waals surface area (Å²) in [7, 11) is 0. The second kappa shape index (κ2) is 7.64. The van der Waals surface area contributed by atoms with Crippen molar-refractivity contribution in [2.45, 2.75) is 72.1 Å². The number of carbonyl (C=O) groups excluding carboxylic acids is 3. The van der Waals surface area contributed by atoms with Gasteiger partial charge >= 0.3 is 0 Å². The molecule has 0 spiro atoms. The van der Waals surface area contributed by atoms with E-state index in [9.17, 15) is 14.4 Å². The molecule has 0 bridgehead atoms. The van der Waals surface area contributed by atoms with Crippen LogP contribution in [0.3, 0.4) is 0 Å². The van der Waals surface area contributed by atoms with Crippen molar-refractivity contribution in [1.82, 2.24) is 4.90 Å². The van der Waals surface area contributed by atoms with Gasteiger partial charge in [0, 0.05) is 5.92 Å². The molecule has 0 N–H and O–H groups in total. The highest BCUT2D eigenvalue weighted by molar-refractivity contribution is 8.14. The molecule has 166 valence electrons. The van der Waals surface area contributed by atoms with Crippen molar-refractivity contribution in [3.63, 3.8) is 0 Å². The van der Waals surface area contributed by atoms with E-state index in [4.69, 9.17) is 0 Å². The van der Waals surface area contributed by atoms with E-state index in [2.05, 4.69) is 20.8 Å². The summed E-state index contributed by atoms with van der Waals surface area (Å²) < 4.78 is 0. The number of imide groups is 1.